The second-order valence-corrected chi connectivity index (χ2v) is 8.67. The van der Waals surface area contributed by atoms with Crippen molar-refractivity contribution in [3.05, 3.63) is 84.9 Å². The molecule has 0 saturated carbocycles. The quantitative estimate of drug-likeness (QED) is 0.217. The van der Waals surface area contributed by atoms with Crippen LogP contribution < -0.4 is 4.74 Å². The monoisotopic (exact) mass is 504 g/mol. The number of amides is 2. The minimum Gasteiger partial charge on any atom is -0.496 e. The van der Waals surface area contributed by atoms with Gasteiger partial charge in [0.15, 0.2) is 0 Å². The van der Waals surface area contributed by atoms with E-state index in [0.29, 0.717) is 32.7 Å². The largest absolute Gasteiger partial charge is 0.496 e. The Hall–Kier alpha value is -3.27. The van der Waals surface area contributed by atoms with Crippen LogP contribution in [0.1, 0.15) is 11.3 Å². The highest BCUT2D eigenvalue weighted by Crippen LogP contribution is 2.37. The summed E-state index contributed by atoms with van der Waals surface area (Å²) in [5, 5.41) is 11.3. The summed E-state index contributed by atoms with van der Waals surface area (Å²) in [5.74, 6) is 0.544. The zero-order chi connectivity index (χ0) is 23.7. The highest BCUT2D eigenvalue weighted by atomic mass is 35.5. The zero-order valence-electron chi connectivity index (χ0n) is 16.9. The maximum atomic E-state index is 12.8. The summed E-state index contributed by atoms with van der Waals surface area (Å²) >= 11 is 12.7. The average Bonchev–Trinajstić information content (AvgIpc) is 3.36. The van der Waals surface area contributed by atoms with Crippen LogP contribution in [0, 0.1) is 10.1 Å². The molecule has 33 heavy (non-hydrogen) atoms. The molecular formula is C22H14Cl2N2O6S. The van der Waals surface area contributed by atoms with Crippen LogP contribution in [0.25, 0.3) is 17.4 Å². The Morgan fingerprint density at radius 3 is 2.61 bits per heavy atom. The van der Waals surface area contributed by atoms with E-state index < -0.39 is 16.1 Å². The van der Waals surface area contributed by atoms with Crippen LogP contribution >= 0.6 is 35.0 Å². The van der Waals surface area contributed by atoms with E-state index in [1.165, 1.54) is 31.4 Å². The van der Waals surface area contributed by atoms with E-state index in [2.05, 4.69) is 0 Å². The second-order valence-electron chi connectivity index (χ2n) is 6.86. The van der Waals surface area contributed by atoms with E-state index in [4.69, 9.17) is 32.4 Å². The lowest BCUT2D eigenvalue weighted by Crippen LogP contribution is -2.27. The molecule has 8 nitrogen and oxygen atoms in total. The van der Waals surface area contributed by atoms with E-state index in [-0.39, 0.29) is 22.9 Å². The highest BCUT2D eigenvalue weighted by Gasteiger charge is 2.35. The molecule has 1 aliphatic rings. The first-order valence-corrected chi connectivity index (χ1v) is 11.0. The Bertz CT molecular complexity index is 1320. The first-order chi connectivity index (χ1) is 15.8. The Labute approximate surface area is 201 Å². The number of hydrogen-bond acceptors (Lipinski definition) is 7. The number of non-ortho nitro benzene ring substituents is 1. The fraction of sp³-hybridized carbons (Fsp3) is 0.0909. The van der Waals surface area contributed by atoms with Crippen molar-refractivity contribution in [2.24, 2.45) is 0 Å². The zero-order valence-corrected chi connectivity index (χ0v) is 19.2. The number of carbonyl (C=O) groups is 2. The molecule has 0 radical (unpaired) electrons. The van der Waals surface area contributed by atoms with Gasteiger partial charge in [-0.25, -0.2) is 0 Å². The predicted molar refractivity (Wildman–Crippen MR) is 125 cm³/mol. The molecule has 4 rings (SSSR count). The summed E-state index contributed by atoms with van der Waals surface area (Å²) in [5.41, 5.74) is 1.06. The van der Waals surface area contributed by atoms with Crippen LogP contribution in [0.15, 0.2) is 57.9 Å². The Morgan fingerprint density at radius 2 is 1.91 bits per heavy atom. The molecular weight excluding hydrogens is 491 g/mol. The number of rotatable bonds is 6. The second kappa shape index (κ2) is 9.30. The fourth-order valence-electron chi connectivity index (χ4n) is 3.16. The van der Waals surface area contributed by atoms with Gasteiger partial charge in [0.2, 0.25) is 0 Å². The number of nitro groups is 1. The van der Waals surface area contributed by atoms with Gasteiger partial charge >= 0.3 is 0 Å². The molecule has 1 aromatic heterocycles. The van der Waals surface area contributed by atoms with Crippen LogP contribution in [0.4, 0.5) is 10.5 Å². The number of benzene rings is 2. The Balaban J connectivity index is 1.56. The number of nitro benzene ring substituents is 1. The van der Waals surface area contributed by atoms with Crippen molar-refractivity contribution >= 4 is 57.9 Å². The summed E-state index contributed by atoms with van der Waals surface area (Å²) in [7, 11) is 1.40. The Kier molecular flexibility index (Phi) is 6.46. The first kappa shape index (κ1) is 22.9. The standard InChI is InChI=1S/C22H14Cl2N2O6S/c1-31-19-9-13(26(29)30)3-5-15(19)18-7-4-14(32-18)10-20-21(27)25(22(28)33-20)11-12-2-6-16(23)17(24)8-12/h2-10H,11H2,1H3/b20-10-. The maximum absolute atomic E-state index is 12.8. The summed E-state index contributed by atoms with van der Waals surface area (Å²) in [6, 6.07) is 12.3. The van der Waals surface area contributed by atoms with Gasteiger partial charge in [-0.1, -0.05) is 29.3 Å². The lowest BCUT2D eigenvalue weighted by Gasteiger charge is -2.12. The molecule has 11 heteroatoms. The van der Waals surface area contributed by atoms with Gasteiger partial charge < -0.3 is 9.15 Å². The van der Waals surface area contributed by atoms with Crippen LogP contribution in [0.5, 0.6) is 5.75 Å². The van der Waals surface area contributed by atoms with Gasteiger partial charge in [0.05, 0.1) is 45.2 Å². The average molecular weight is 505 g/mol. The molecule has 2 amide bonds. The lowest BCUT2D eigenvalue weighted by molar-refractivity contribution is -0.384. The SMILES string of the molecule is COc1cc([N+](=O)[O-])ccc1-c1ccc(/C=C2\SC(=O)N(Cc3ccc(Cl)c(Cl)c3)C2=O)o1. The Morgan fingerprint density at radius 1 is 1.12 bits per heavy atom. The summed E-state index contributed by atoms with van der Waals surface area (Å²) in [6.07, 6.45) is 1.47. The molecule has 2 heterocycles. The molecule has 0 unspecified atom stereocenters. The number of methoxy groups -OCH3 is 1. The van der Waals surface area contributed by atoms with Crippen LogP contribution in [0.3, 0.4) is 0 Å². The lowest BCUT2D eigenvalue weighted by atomic mass is 10.1. The number of nitrogens with zero attached hydrogens (tertiary/aromatic N) is 2. The summed E-state index contributed by atoms with van der Waals surface area (Å²) < 4.78 is 11.0. The molecule has 1 aliphatic heterocycles. The van der Waals surface area contributed by atoms with Gasteiger partial charge in [-0.05, 0) is 47.7 Å². The minimum absolute atomic E-state index is 0.0578. The molecule has 0 spiro atoms. The number of thioether (sulfide) groups is 1. The van der Waals surface area contributed by atoms with Crippen molar-refractivity contribution < 1.29 is 23.7 Å². The van der Waals surface area contributed by atoms with Gasteiger partial charge in [0.25, 0.3) is 16.8 Å². The number of hydrogen-bond donors (Lipinski definition) is 0. The van der Waals surface area contributed by atoms with Crippen molar-refractivity contribution in [3.8, 4) is 17.1 Å². The normalized spacial score (nSPS) is 14.9. The van der Waals surface area contributed by atoms with Crippen molar-refractivity contribution in [1.29, 1.82) is 0 Å². The molecule has 3 aromatic rings. The number of carbonyl (C=O) groups excluding carboxylic acids is 2. The molecule has 168 valence electrons. The topological polar surface area (TPSA) is 103 Å². The molecule has 1 saturated heterocycles. The van der Waals surface area contributed by atoms with Crippen molar-refractivity contribution in [1.82, 2.24) is 4.90 Å². The highest BCUT2D eigenvalue weighted by molar-refractivity contribution is 8.18. The maximum Gasteiger partial charge on any atom is 0.293 e. The first-order valence-electron chi connectivity index (χ1n) is 9.38. The van der Waals surface area contributed by atoms with Crippen LogP contribution in [-0.4, -0.2) is 28.1 Å². The smallest absolute Gasteiger partial charge is 0.293 e. The van der Waals surface area contributed by atoms with E-state index >= 15 is 0 Å². The molecule has 0 atom stereocenters. The minimum atomic E-state index is -0.520. The predicted octanol–water partition coefficient (Wildman–Crippen LogP) is 6.41. The number of imide groups is 1. The molecule has 2 aromatic carbocycles. The van der Waals surface area contributed by atoms with Crippen LogP contribution in [0.2, 0.25) is 10.0 Å². The van der Waals surface area contributed by atoms with E-state index in [1.54, 1.807) is 30.3 Å². The van der Waals surface area contributed by atoms with Crippen molar-refractivity contribution in [2.75, 3.05) is 7.11 Å². The van der Waals surface area contributed by atoms with Crippen molar-refractivity contribution in [2.45, 2.75) is 6.54 Å². The van der Waals surface area contributed by atoms with Gasteiger partial charge in [0, 0.05) is 12.1 Å². The van der Waals surface area contributed by atoms with Gasteiger partial charge in [-0.3, -0.25) is 24.6 Å². The molecule has 0 aliphatic carbocycles. The number of ether oxygens (including phenoxy) is 1. The molecule has 0 bridgehead atoms. The van der Waals surface area contributed by atoms with E-state index in [1.807, 2.05) is 0 Å². The third-order valence-corrected chi connectivity index (χ3v) is 6.41. The van der Waals surface area contributed by atoms with E-state index in [9.17, 15) is 19.7 Å². The van der Waals surface area contributed by atoms with Gasteiger partial charge in [-0.2, -0.15) is 0 Å². The molecule has 0 N–H and O–H groups in total. The van der Waals surface area contributed by atoms with Gasteiger partial charge in [-0.15, -0.1) is 0 Å². The third kappa shape index (κ3) is 4.75. The van der Waals surface area contributed by atoms with E-state index in [0.717, 1.165) is 16.7 Å². The van der Waals surface area contributed by atoms with Crippen LogP contribution in [-0.2, 0) is 11.3 Å². The summed E-state index contributed by atoms with van der Waals surface area (Å²) in [4.78, 5) is 37.0. The molecule has 1 fully saturated rings. The van der Waals surface area contributed by atoms with Gasteiger partial charge in [0.1, 0.15) is 17.3 Å². The van der Waals surface area contributed by atoms with Crippen molar-refractivity contribution in [3.63, 3.8) is 0 Å². The fourth-order valence-corrected chi connectivity index (χ4v) is 4.30. The number of halogens is 2. The third-order valence-electron chi connectivity index (χ3n) is 4.76. The number of furan rings is 1. The summed E-state index contributed by atoms with van der Waals surface area (Å²) in [6.45, 7) is 0.0578.